The lowest BCUT2D eigenvalue weighted by atomic mass is 10.1. The fraction of sp³-hybridized carbons (Fsp3) is 0. The van der Waals surface area contributed by atoms with Gasteiger partial charge in [-0.2, -0.15) is 29.9 Å². The highest BCUT2D eigenvalue weighted by Crippen LogP contribution is 2.56. The molecule has 0 bridgehead atoms. The minimum Gasteiger partial charge on any atom is -0.456 e. The Balaban J connectivity index is 0.000000101. The van der Waals surface area contributed by atoms with Gasteiger partial charge in [-0.1, -0.05) is 309 Å². The molecule has 135 heavy (non-hydrogen) atoms. The van der Waals surface area contributed by atoms with Gasteiger partial charge in [0.05, 0.1) is 84.3 Å². The molecular formula is C117H69N15OS2. The van der Waals surface area contributed by atoms with Crippen LogP contribution in [0.15, 0.2) is 423 Å². The molecule has 0 atom stereocenters. The molecule has 3 aliphatic heterocycles. The van der Waals surface area contributed by atoms with Crippen LogP contribution in [-0.2, 0) is 0 Å². The van der Waals surface area contributed by atoms with Gasteiger partial charge in [-0.05, 0) is 103 Å². The maximum absolute atomic E-state index is 6.34. The summed E-state index contributed by atoms with van der Waals surface area (Å²) in [5.74, 6) is 5.57. The molecule has 630 valence electrons. The van der Waals surface area contributed by atoms with Crippen LogP contribution in [0.5, 0.6) is 0 Å². The predicted octanol–water partition coefficient (Wildman–Crippen LogP) is 30.9. The molecular weight excluding hydrogens is 1700 g/mol. The van der Waals surface area contributed by atoms with Crippen LogP contribution in [0.2, 0.25) is 0 Å². The third kappa shape index (κ3) is 12.0. The number of furan rings is 1. The summed E-state index contributed by atoms with van der Waals surface area (Å²) in [4.78, 5) is 52.2. The van der Waals surface area contributed by atoms with Crippen molar-refractivity contribution in [3.05, 3.63) is 419 Å². The van der Waals surface area contributed by atoms with Crippen LogP contribution in [0.1, 0.15) is 0 Å². The van der Waals surface area contributed by atoms with Gasteiger partial charge in [-0.3, -0.25) is 14.7 Å². The smallest absolute Gasteiger partial charge is 0.238 e. The van der Waals surface area contributed by atoms with E-state index < -0.39 is 0 Å². The molecule has 0 radical (unpaired) electrons. The van der Waals surface area contributed by atoms with Gasteiger partial charge in [0.2, 0.25) is 17.8 Å². The van der Waals surface area contributed by atoms with Crippen molar-refractivity contribution in [2.75, 3.05) is 14.7 Å². The first-order valence-electron chi connectivity index (χ1n) is 44.9. The second-order valence-electron chi connectivity index (χ2n) is 33.9. The fourth-order valence-corrected chi connectivity index (χ4v) is 22.6. The highest BCUT2D eigenvalue weighted by Gasteiger charge is 2.36. The number of fused-ring (bicyclic) bond motifs is 24. The highest BCUT2D eigenvalue weighted by molar-refractivity contribution is 7.26. The molecule has 0 unspecified atom stereocenters. The molecule has 0 spiro atoms. The van der Waals surface area contributed by atoms with Crippen molar-refractivity contribution in [3.8, 4) is 85.4 Å². The first kappa shape index (κ1) is 76.0. The number of para-hydroxylation sites is 10. The van der Waals surface area contributed by atoms with Gasteiger partial charge in [-0.25, -0.2) is 15.0 Å². The van der Waals surface area contributed by atoms with Gasteiger partial charge in [-0.15, -0.1) is 22.7 Å². The van der Waals surface area contributed by atoms with E-state index in [1.807, 2.05) is 217 Å². The maximum atomic E-state index is 6.34. The molecule has 27 aromatic rings. The summed E-state index contributed by atoms with van der Waals surface area (Å²) in [6.45, 7) is 0. The van der Waals surface area contributed by atoms with E-state index in [4.69, 9.17) is 49.3 Å². The average molecular weight is 1770 g/mol. The van der Waals surface area contributed by atoms with Gasteiger partial charge >= 0.3 is 0 Å². The third-order valence-corrected chi connectivity index (χ3v) is 28.5. The zero-order chi connectivity index (χ0) is 88.5. The van der Waals surface area contributed by atoms with Crippen molar-refractivity contribution in [2.45, 2.75) is 0 Å². The largest absolute Gasteiger partial charge is 0.456 e. The Morgan fingerprint density at radius 2 is 0.444 bits per heavy atom. The number of anilines is 9. The van der Waals surface area contributed by atoms with Crippen LogP contribution in [0, 0.1) is 0 Å². The predicted molar refractivity (Wildman–Crippen MR) is 553 cm³/mol. The van der Waals surface area contributed by atoms with E-state index in [1.165, 1.54) is 78.3 Å². The molecule has 0 fully saturated rings. The number of rotatable bonds is 9. The van der Waals surface area contributed by atoms with E-state index in [-0.39, 0.29) is 0 Å². The molecule has 18 heteroatoms. The number of benzene rings is 18. The monoisotopic (exact) mass is 1760 g/mol. The molecule has 0 aliphatic carbocycles. The summed E-state index contributed by atoms with van der Waals surface area (Å²) >= 11 is 3.71. The Morgan fingerprint density at radius 3 is 0.822 bits per heavy atom. The van der Waals surface area contributed by atoms with E-state index in [0.717, 1.165) is 134 Å². The summed E-state index contributed by atoms with van der Waals surface area (Å²) in [6.07, 6.45) is 0. The van der Waals surface area contributed by atoms with Crippen LogP contribution in [0.4, 0.5) is 52.0 Å². The van der Waals surface area contributed by atoms with Crippen LogP contribution >= 0.6 is 22.7 Å². The summed E-state index contributed by atoms with van der Waals surface area (Å²) in [5.41, 5.74) is 23.7. The lowest BCUT2D eigenvalue weighted by Gasteiger charge is -2.31. The standard InChI is InChI=1S/C39H23N5O.2C39H23N5S/c1-3-12-24(13-4-1)37-40-38(25-14-5-2-6-15-25)42-39(41-37)44-31-19-9-8-18-30(31)43-33-23-35-29(26-16-7-10-21-34(26)45-35)22-28(33)27-17-11-20-32(44)36(27)43;1-3-12-24(13-4-1)37-40-38(25-14-5-2-6-15-25)42-39(41-37)44-31-19-9-8-18-30(31)43-33-22-29-26-16-7-10-21-34(26)45-35(29)23-28(33)27-17-11-20-32(44)36(27)43;1-3-12-24(13-4-1)37-40-38(25-14-5-2-6-15-25)42-39(41-37)44-31-19-9-8-18-30(31)43-33-23-35-29(26-16-7-10-21-34(26)45-35)22-28(33)27-17-11-20-32(44)36(27)43/h3*1-23H. The van der Waals surface area contributed by atoms with E-state index in [0.29, 0.717) is 52.8 Å². The normalized spacial score (nSPS) is 12.4. The Kier molecular flexibility index (Phi) is 17.1. The summed E-state index contributed by atoms with van der Waals surface area (Å²) in [5, 5.41) is 14.7. The van der Waals surface area contributed by atoms with E-state index in [2.05, 4.69) is 253 Å². The molecule has 16 nitrogen and oxygen atoms in total. The molecule has 12 heterocycles. The lowest BCUT2D eigenvalue weighted by molar-refractivity contribution is 0.669. The van der Waals surface area contributed by atoms with Crippen molar-refractivity contribution in [1.82, 2.24) is 58.6 Å². The van der Waals surface area contributed by atoms with Crippen molar-refractivity contribution < 1.29 is 4.42 Å². The van der Waals surface area contributed by atoms with E-state index >= 15 is 0 Å². The Morgan fingerprint density at radius 1 is 0.170 bits per heavy atom. The molecule has 0 saturated carbocycles. The highest BCUT2D eigenvalue weighted by atomic mass is 32.1. The van der Waals surface area contributed by atoms with Gasteiger partial charge in [0.1, 0.15) is 11.2 Å². The molecule has 9 aromatic heterocycles. The van der Waals surface area contributed by atoms with Gasteiger partial charge in [0, 0.05) is 123 Å². The molecule has 0 amide bonds. The minimum absolute atomic E-state index is 0.568. The Bertz CT molecular complexity index is 8810. The van der Waals surface area contributed by atoms with Gasteiger partial charge in [0.15, 0.2) is 34.9 Å². The number of aromatic nitrogens is 12. The Labute approximate surface area is 778 Å². The van der Waals surface area contributed by atoms with Crippen LogP contribution in [0.3, 0.4) is 0 Å². The van der Waals surface area contributed by atoms with Gasteiger partial charge in [0.25, 0.3) is 0 Å². The second-order valence-corrected chi connectivity index (χ2v) is 36.1. The SMILES string of the molecule is c1ccc(-c2nc(-c3ccccc3)nc(N3c4ccccc4-n4c5cc6c(cc5c5cccc3c54)sc3ccccc36)n2)cc1.c1ccc(-c2nc(-c3ccccc3)nc(N3c4ccccc4-n4c5cc6oc7ccccc7c6cc5c5cccc3c54)n2)cc1.c1ccc(-c2nc(-c3ccccc3)nc(N3c4ccccc4-n4c5cc6sc7ccccc7c6cc5c5cccc3c54)n2)cc1. The van der Waals surface area contributed by atoms with Crippen molar-refractivity contribution in [2.24, 2.45) is 0 Å². The summed E-state index contributed by atoms with van der Waals surface area (Å²) in [6, 6.07) is 146. The average Bonchev–Trinajstić information content (AvgIpc) is 1.57. The van der Waals surface area contributed by atoms with Crippen LogP contribution in [-0.4, -0.2) is 58.6 Å². The molecule has 18 aromatic carbocycles. The van der Waals surface area contributed by atoms with E-state index in [1.54, 1.807) is 0 Å². The zero-order valence-corrected chi connectivity index (χ0v) is 73.4. The second kappa shape index (κ2) is 30.3. The molecule has 0 N–H and O–H groups in total. The zero-order valence-electron chi connectivity index (χ0n) is 71.8. The number of hydrogen-bond donors (Lipinski definition) is 0. The topological polar surface area (TPSA) is 154 Å². The summed E-state index contributed by atoms with van der Waals surface area (Å²) < 4.78 is 18.8. The maximum Gasteiger partial charge on any atom is 0.238 e. The van der Waals surface area contributed by atoms with Crippen LogP contribution in [0.25, 0.3) is 213 Å². The summed E-state index contributed by atoms with van der Waals surface area (Å²) in [7, 11) is 0. The first-order chi connectivity index (χ1) is 66.9. The van der Waals surface area contributed by atoms with Crippen molar-refractivity contribution in [1.29, 1.82) is 0 Å². The minimum atomic E-state index is 0.568. The van der Waals surface area contributed by atoms with E-state index in [9.17, 15) is 0 Å². The first-order valence-corrected chi connectivity index (χ1v) is 46.5. The molecule has 0 saturated heterocycles. The lowest BCUT2D eigenvalue weighted by Crippen LogP contribution is -2.21. The number of hydrogen-bond acceptors (Lipinski definition) is 15. The molecule has 3 aliphatic rings. The van der Waals surface area contributed by atoms with Crippen molar-refractivity contribution >= 4 is 202 Å². The Hall–Kier alpha value is -18.0. The number of nitrogens with zero attached hydrogens (tertiary/aromatic N) is 15. The fourth-order valence-electron chi connectivity index (χ4n) is 20.3. The quantitative estimate of drug-likeness (QED) is 0.135. The number of thiophene rings is 2. The third-order valence-electron chi connectivity index (χ3n) is 26.3. The van der Waals surface area contributed by atoms with Gasteiger partial charge < -0.3 is 18.1 Å². The van der Waals surface area contributed by atoms with Crippen molar-refractivity contribution in [3.63, 3.8) is 0 Å². The molecule has 30 rings (SSSR count). The van der Waals surface area contributed by atoms with Crippen LogP contribution < -0.4 is 14.7 Å².